The van der Waals surface area contributed by atoms with Gasteiger partial charge in [-0.3, -0.25) is 4.79 Å². The van der Waals surface area contributed by atoms with E-state index >= 15 is 0 Å². The molecule has 11 heteroatoms. The number of hydrogen-bond acceptors (Lipinski definition) is 6. The summed E-state index contributed by atoms with van der Waals surface area (Å²) in [6.45, 7) is 1.78. The van der Waals surface area contributed by atoms with E-state index in [4.69, 9.17) is 4.74 Å². The van der Waals surface area contributed by atoms with Crippen LogP contribution in [0.3, 0.4) is 0 Å². The van der Waals surface area contributed by atoms with Gasteiger partial charge in [0.15, 0.2) is 11.5 Å². The highest BCUT2D eigenvalue weighted by Gasteiger charge is 2.25. The van der Waals surface area contributed by atoms with Crippen LogP contribution in [-0.2, 0) is 4.74 Å². The summed E-state index contributed by atoms with van der Waals surface area (Å²) in [5, 5.41) is 10.9. The standard InChI is InChI=1S/C26H20F2N6O3/c1-2-37-26(36)19-15-29-33(17-11-7-4-8-12-17)24(19)32-25(35)18-14-30-34-21(22(27)28)13-20(31-23(18)34)16-9-5-3-6-10-16/h3-15,22H,2H2,1H3,(H,32,35). The number of carbonyl (C=O) groups is 2. The molecule has 1 amide bonds. The third kappa shape index (κ3) is 4.54. The van der Waals surface area contributed by atoms with E-state index in [0.717, 1.165) is 10.7 Å². The number of aromatic nitrogens is 5. The van der Waals surface area contributed by atoms with Crippen LogP contribution in [-0.4, -0.2) is 42.9 Å². The molecule has 0 aliphatic rings. The highest BCUT2D eigenvalue weighted by molar-refractivity contribution is 6.10. The van der Waals surface area contributed by atoms with Gasteiger partial charge in [-0.05, 0) is 25.1 Å². The molecule has 2 aromatic carbocycles. The number of esters is 1. The third-order valence-electron chi connectivity index (χ3n) is 5.53. The number of nitrogens with zero attached hydrogens (tertiary/aromatic N) is 5. The summed E-state index contributed by atoms with van der Waals surface area (Å²) in [4.78, 5) is 30.5. The van der Waals surface area contributed by atoms with Gasteiger partial charge in [-0.1, -0.05) is 48.5 Å². The Balaban J connectivity index is 1.60. The van der Waals surface area contributed by atoms with Crippen molar-refractivity contribution in [3.63, 3.8) is 0 Å². The van der Waals surface area contributed by atoms with Crippen LogP contribution in [0.4, 0.5) is 14.6 Å². The fourth-order valence-electron chi connectivity index (χ4n) is 3.83. The van der Waals surface area contributed by atoms with Crippen LogP contribution < -0.4 is 5.32 Å². The summed E-state index contributed by atoms with van der Waals surface area (Å²) in [7, 11) is 0. The highest BCUT2D eigenvalue weighted by Crippen LogP contribution is 2.28. The lowest BCUT2D eigenvalue weighted by Gasteiger charge is -2.11. The maximum absolute atomic E-state index is 13.9. The van der Waals surface area contributed by atoms with Crippen LogP contribution >= 0.6 is 0 Å². The van der Waals surface area contributed by atoms with Crippen LogP contribution in [0.5, 0.6) is 0 Å². The van der Waals surface area contributed by atoms with Crippen LogP contribution in [0.1, 0.15) is 39.8 Å². The molecule has 0 unspecified atom stereocenters. The first-order valence-electron chi connectivity index (χ1n) is 11.3. The number of alkyl halides is 2. The predicted octanol–water partition coefficient (Wildman–Crippen LogP) is 4.95. The number of halogens is 2. The number of ether oxygens (including phenoxy) is 1. The SMILES string of the molecule is CCOC(=O)c1cnn(-c2ccccc2)c1NC(=O)c1cnn2c(C(F)F)cc(-c3ccccc3)nc12. The molecule has 37 heavy (non-hydrogen) atoms. The van der Waals surface area contributed by atoms with E-state index in [0.29, 0.717) is 11.3 Å². The third-order valence-corrected chi connectivity index (χ3v) is 5.53. The van der Waals surface area contributed by atoms with Gasteiger partial charge in [-0.15, -0.1) is 0 Å². The molecule has 5 aromatic rings. The van der Waals surface area contributed by atoms with Gasteiger partial charge in [-0.25, -0.2) is 27.8 Å². The fraction of sp³-hybridized carbons (Fsp3) is 0.115. The number of anilines is 1. The zero-order chi connectivity index (χ0) is 25.9. The Labute approximate surface area is 209 Å². The second-order valence-corrected chi connectivity index (χ2v) is 7.86. The summed E-state index contributed by atoms with van der Waals surface area (Å²) in [6.07, 6.45) is -0.415. The van der Waals surface area contributed by atoms with Crippen molar-refractivity contribution in [3.8, 4) is 16.9 Å². The molecule has 186 valence electrons. The minimum Gasteiger partial charge on any atom is -0.462 e. The lowest BCUT2D eigenvalue weighted by atomic mass is 10.1. The van der Waals surface area contributed by atoms with E-state index in [-0.39, 0.29) is 34.9 Å². The lowest BCUT2D eigenvalue weighted by Crippen LogP contribution is -2.18. The largest absolute Gasteiger partial charge is 0.462 e. The first-order valence-corrected chi connectivity index (χ1v) is 11.3. The molecule has 3 heterocycles. The van der Waals surface area contributed by atoms with E-state index in [2.05, 4.69) is 20.5 Å². The minimum atomic E-state index is -2.86. The van der Waals surface area contributed by atoms with Crippen molar-refractivity contribution in [1.82, 2.24) is 24.4 Å². The molecule has 0 spiro atoms. The molecule has 0 bridgehead atoms. The van der Waals surface area contributed by atoms with Gasteiger partial charge in [0.2, 0.25) is 0 Å². The van der Waals surface area contributed by atoms with Gasteiger partial charge in [-0.2, -0.15) is 10.2 Å². The Bertz CT molecular complexity index is 1580. The first-order chi connectivity index (χ1) is 18.0. The van der Waals surface area contributed by atoms with Crippen LogP contribution in [0.25, 0.3) is 22.6 Å². The van der Waals surface area contributed by atoms with E-state index in [1.807, 2.05) is 6.07 Å². The van der Waals surface area contributed by atoms with Gasteiger partial charge in [0.1, 0.15) is 16.8 Å². The normalized spacial score (nSPS) is 11.1. The number of rotatable bonds is 7. The van der Waals surface area contributed by atoms with E-state index in [9.17, 15) is 18.4 Å². The molecule has 0 radical (unpaired) electrons. The molecule has 0 fully saturated rings. The smallest absolute Gasteiger partial charge is 0.343 e. The summed E-state index contributed by atoms with van der Waals surface area (Å²) >= 11 is 0. The number of para-hydroxylation sites is 1. The van der Waals surface area contributed by atoms with Gasteiger partial charge in [0.05, 0.1) is 30.4 Å². The van der Waals surface area contributed by atoms with Crippen molar-refractivity contribution in [1.29, 1.82) is 0 Å². The molecule has 0 atom stereocenters. The Morgan fingerprint density at radius 1 is 0.973 bits per heavy atom. The Morgan fingerprint density at radius 2 is 1.65 bits per heavy atom. The maximum atomic E-state index is 13.9. The summed E-state index contributed by atoms with van der Waals surface area (Å²) in [5.74, 6) is -1.33. The topological polar surface area (TPSA) is 103 Å². The minimum absolute atomic E-state index is 0.0294. The Morgan fingerprint density at radius 3 is 2.32 bits per heavy atom. The van der Waals surface area contributed by atoms with Gasteiger partial charge in [0, 0.05) is 5.56 Å². The maximum Gasteiger partial charge on any atom is 0.343 e. The van der Waals surface area contributed by atoms with Crippen molar-refractivity contribution in [2.45, 2.75) is 13.3 Å². The molecule has 0 saturated heterocycles. The molecule has 5 rings (SSSR count). The van der Waals surface area contributed by atoms with E-state index in [1.54, 1.807) is 61.5 Å². The van der Waals surface area contributed by atoms with Crippen molar-refractivity contribution in [2.75, 3.05) is 11.9 Å². The zero-order valence-electron chi connectivity index (χ0n) is 19.5. The number of hydrogen-bond donors (Lipinski definition) is 1. The molecular formula is C26H20F2N6O3. The summed E-state index contributed by atoms with van der Waals surface area (Å²) < 4.78 is 35.2. The second-order valence-electron chi connectivity index (χ2n) is 7.86. The predicted molar refractivity (Wildman–Crippen MR) is 131 cm³/mol. The molecule has 0 aliphatic carbocycles. The highest BCUT2D eigenvalue weighted by atomic mass is 19.3. The fourth-order valence-corrected chi connectivity index (χ4v) is 3.83. The van der Waals surface area contributed by atoms with Gasteiger partial charge >= 0.3 is 5.97 Å². The Kier molecular flexibility index (Phi) is 6.42. The van der Waals surface area contributed by atoms with Crippen LogP contribution in [0.2, 0.25) is 0 Å². The molecule has 0 saturated carbocycles. The van der Waals surface area contributed by atoms with Crippen LogP contribution in [0, 0.1) is 0 Å². The average molecular weight is 502 g/mol. The molecule has 9 nitrogen and oxygen atoms in total. The van der Waals surface area contributed by atoms with Gasteiger partial charge in [0.25, 0.3) is 12.3 Å². The average Bonchev–Trinajstić information content (AvgIpc) is 3.53. The van der Waals surface area contributed by atoms with Crippen molar-refractivity contribution >= 4 is 23.3 Å². The van der Waals surface area contributed by atoms with E-state index in [1.165, 1.54) is 16.9 Å². The summed E-state index contributed by atoms with van der Waals surface area (Å²) in [6, 6.07) is 18.9. The number of benzene rings is 2. The van der Waals surface area contributed by atoms with Crippen LogP contribution in [0.15, 0.2) is 79.1 Å². The lowest BCUT2D eigenvalue weighted by molar-refractivity contribution is 0.0527. The zero-order valence-corrected chi connectivity index (χ0v) is 19.5. The molecule has 1 N–H and O–H groups in total. The number of nitrogens with one attached hydrogen (secondary N) is 1. The first kappa shape index (κ1) is 23.8. The number of carbonyl (C=O) groups excluding carboxylic acids is 2. The second kappa shape index (κ2) is 9.97. The van der Waals surface area contributed by atoms with Crippen molar-refractivity contribution < 1.29 is 23.1 Å². The van der Waals surface area contributed by atoms with E-state index < -0.39 is 24.0 Å². The Hall–Kier alpha value is -4.93. The summed E-state index contributed by atoms with van der Waals surface area (Å²) in [5.41, 5.74) is 0.947. The van der Waals surface area contributed by atoms with Gasteiger partial charge < -0.3 is 10.1 Å². The molecular weight excluding hydrogens is 482 g/mol. The molecule has 3 aromatic heterocycles. The number of fused-ring (bicyclic) bond motifs is 1. The van der Waals surface area contributed by atoms with Crippen molar-refractivity contribution in [3.05, 3.63) is 95.9 Å². The molecule has 0 aliphatic heterocycles. The quantitative estimate of drug-likeness (QED) is 0.316. The number of amides is 1. The monoisotopic (exact) mass is 502 g/mol. The van der Waals surface area contributed by atoms with Crippen molar-refractivity contribution in [2.24, 2.45) is 0 Å².